The molecule has 1 heterocycles. The lowest BCUT2D eigenvalue weighted by Gasteiger charge is -2.29. The predicted molar refractivity (Wildman–Crippen MR) is 95.2 cm³/mol. The summed E-state index contributed by atoms with van der Waals surface area (Å²) in [4.78, 5) is 14.3. The molecule has 1 aliphatic rings. The SMILES string of the molecule is COc1cc2c(cc1OC)CN(C(=O)CCOc1ccc(F)cc1)CC2. The van der Waals surface area contributed by atoms with Gasteiger partial charge in [0.25, 0.3) is 0 Å². The van der Waals surface area contributed by atoms with Gasteiger partial charge in [-0.15, -0.1) is 0 Å². The number of fused-ring (bicyclic) bond motifs is 1. The van der Waals surface area contributed by atoms with Crippen LogP contribution >= 0.6 is 0 Å². The van der Waals surface area contributed by atoms with Crippen LogP contribution in [0.2, 0.25) is 0 Å². The maximum Gasteiger partial charge on any atom is 0.226 e. The minimum absolute atomic E-state index is 0.0348. The fourth-order valence-electron chi connectivity index (χ4n) is 3.04. The van der Waals surface area contributed by atoms with Crippen molar-refractivity contribution in [2.45, 2.75) is 19.4 Å². The fraction of sp³-hybridized carbons (Fsp3) is 0.350. The first-order chi connectivity index (χ1) is 12.6. The van der Waals surface area contributed by atoms with E-state index in [1.165, 1.54) is 17.7 Å². The number of halogens is 1. The largest absolute Gasteiger partial charge is 0.493 e. The summed E-state index contributed by atoms with van der Waals surface area (Å²) in [5.41, 5.74) is 2.25. The monoisotopic (exact) mass is 359 g/mol. The summed E-state index contributed by atoms with van der Waals surface area (Å²) in [6, 6.07) is 9.68. The van der Waals surface area contributed by atoms with Gasteiger partial charge in [-0.2, -0.15) is 0 Å². The number of hydrogen-bond acceptors (Lipinski definition) is 4. The smallest absolute Gasteiger partial charge is 0.226 e. The topological polar surface area (TPSA) is 48.0 Å². The van der Waals surface area contributed by atoms with Crippen molar-refractivity contribution >= 4 is 5.91 Å². The second kappa shape index (κ2) is 8.08. The number of methoxy groups -OCH3 is 2. The average Bonchev–Trinajstić information content (AvgIpc) is 2.67. The molecule has 0 saturated heterocycles. The molecule has 6 heteroatoms. The van der Waals surface area contributed by atoms with Crippen molar-refractivity contribution in [2.24, 2.45) is 0 Å². The molecular weight excluding hydrogens is 337 g/mol. The van der Waals surface area contributed by atoms with Crippen LogP contribution in [-0.2, 0) is 17.8 Å². The van der Waals surface area contributed by atoms with Crippen LogP contribution in [-0.4, -0.2) is 38.2 Å². The maximum absolute atomic E-state index is 12.9. The number of amides is 1. The summed E-state index contributed by atoms with van der Waals surface area (Å²) in [6.45, 7) is 1.47. The zero-order chi connectivity index (χ0) is 18.5. The maximum atomic E-state index is 12.9. The zero-order valence-corrected chi connectivity index (χ0v) is 15.0. The van der Waals surface area contributed by atoms with Gasteiger partial charge in [-0.05, 0) is 53.9 Å². The Balaban J connectivity index is 1.57. The highest BCUT2D eigenvalue weighted by atomic mass is 19.1. The van der Waals surface area contributed by atoms with Gasteiger partial charge in [-0.1, -0.05) is 0 Å². The molecule has 0 fully saturated rings. The fourth-order valence-corrected chi connectivity index (χ4v) is 3.04. The molecule has 1 amide bonds. The Labute approximate surface area is 152 Å². The molecule has 0 saturated carbocycles. The minimum Gasteiger partial charge on any atom is -0.493 e. The third-order valence-electron chi connectivity index (χ3n) is 4.47. The zero-order valence-electron chi connectivity index (χ0n) is 15.0. The summed E-state index contributed by atoms with van der Waals surface area (Å²) in [5.74, 6) is 1.65. The van der Waals surface area contributed by atoms with E-state index in [9.17, 15) is 9.18 Å². The van der Waals surface area contributed by atoms with Gasteiger partial charge in [0.2, 0.25) is 5.91 Å². The quantitative estimate of drug-likeness (QED) is 0.795. The lowest BCUT2D eigenvalue weighted by atomic mass is 9.98. The molecule has 0 aliphatic carbocycles. The van der Waals surface area contributed by atoms with E-state index in [1.807, 2.05) is 17.0 Å². The molecule has 0 atom stereocenters. The molecule has 2 aromatic rings. The van der Waals surface area contributed by atoms with Crippen molar-refractivity contribution < 1.29 is 23.4 Å². The van der Waals surface area contributed by atoms with Crippen molar-refractivity contribution in [3.8, 4) is 17.2 Å². The van der Waals surface area contributed by atoms with E-state index in [0.29, 0.717) is 30.3 Å². The van der Waals surface area contributed by atoms with Crippen LogP contribution in [0.3, 0.4) is 0 Å². The van der Waals surface area contributed by atoms with Crippen molar-refractivity contribution in [3.63, 3.8) is 0 Å². The van der Waals surface area contributed by atoms with E-state index < -0.39 is 0 Å². The third kappa shape index (κ3) is 4.07. The summed E-state index contributed by atoms with van der Waals surface area (Å²) in [7, 11) is 3.22. The van der Waals surface area contributed by atoms with Gasteiger partial charge >= 0.3 is 0 Å². The standard InChI is InChI=1S/C20H22FNO4/c1-24-18-11-14-7-9-22(13-15(14)12-19(18)25-2)20(23)8-10-26-17-5-3-16(21)4-6-17/h3-6,11-12H,7-10,13H2,1-2H3. The van der Waals surface area contributed by atoms with E-state index >= 15 is 0 Å². The first-order valence-corrected chi connectivity index (χ1v) is 8.50. The Hall–Kier alpha value is -2.76. The number of carbonyl (C=O) groups excluding carboxylic acids is 1. The molecular formula is C20H22FNO4. The summed E-state index contributed by atoms with van der Waals surface area (Å²) < 4.78 is 29.1. The van der Waals surface area contributed by atoms with Crippen LogP contribution in [0, 0.1) is 5.82 Å². The van der Waals surface area contributed by atoms with E-state index in [0.717, 1.165) is 12.0 Å². The number of carbonyl (C=O) groups is 1. The van der Waals surface area contributed by atoms with Gasteiger partial charge in [0.05, 0.1) is 27.2 Å². The molecule has 0 aromatic heterocycles. The van der Waals surface area contributed by atoms with Crippen LogP contribution in [0.15, 0.2) is 36.4 Å². The molecule has 0 N–H and O–H groups in total. The third-order valence-corrected chi connectivity index (χ3v) is 4.47. The Kier molecular flexibility index (Phi) is 5.61. The van der Waals surface area contributed by atoms with Crippen LogP contribution in [0.1, 0.15) is 17.5 Å². The Morgan fingerprint density at radius 3 is 2.38 bits per heavy atom. The first-order valence-electron chi connectivity index (χ1n) is 8.50. The predicted octanol–water partition coefficient (Wildman–Crippen LogP) is 3.20. The molecule has 2 aromatic carbocycles. The highest BCUT2D eigenvalue weighted by Gasteiger charge is 2.22. The Morgan fingerprint density at radius 2 is 1.73 bits per heavy atom. The van der Waals surface area contributed by atoms with Gasteiger partial charge in [0.1, 0.15) is 11.6 Å². The van der Waals surface area contributed by atoms with E-state index in [1.54, 1.807) is 26.4 Å². The lowest BCUT2D eigenvalue weighted by molar-refractivity contribution is -0.132. The van der Waals surface area contributed by atoms with Gasteiger partial charge in [-0.3, -0.25) is 4.79 Å². The number of nitrogens with zero attached hydrogens (tertiary/aromatic N) is 1. The lowest BCUT2D eigenvalue weighted by Crippen LogP contribution is -2.36. The Bertz CT molecular complexity index is 776. The molecule has 3 rings (SSSR count). The van der Waals surface area contributed by atoms with Crippen LogP contribution in [0.5, 0.6) is 17.2 Å². The average molecular weight is 359 g/mol. The number of benzene rings is 2. The molecule has 0 spiro atoms. The first kappa shape index (κ1) is 18.0. The van der Waals surface area contributed by atoms with Crippen molar-refractivity contribution in [3.05, 3.63) is 53.3 Å². The van der Waals surface area contributed by atoms with E-state index in [-0.39, 0.29) is 24.8 Å². The summed E-state index contributed by atoms with van der Waals surface area (Å²) in [6.07, 6.45) is 1.06. The van der Waals surface area contributed by atoms with Gasteiger partial charge in [-0.25, -0.2) is 4.39 Å². The van der Waals surface area contributed by atoms with E-state index in [2.05, 4.69) is 0 Å². The highest BCUT2D eigenvalue weighted by molar-refractivity contribution is 5.76. The number of rotatable bonds is 6. The number of ether oxygens (including phenoxy) is 3. The molecule has 26 heavy (non-hydrogen) atoms. The molecule has 0 bridgehead atoms. The van der Waals surface area contributed by atoms with Crippen LogP contribution < -0.4 is 14.2 Å². The molecule has 1 aliphatic heterocycles. The summed E-state index contributed by atoms with van der Waals surface area (Å²) >= 11 is 0. The second-order valence-electron chi connectivity index (χ2n) is 6.09. The highest BCUT2D eigenvalue weighted by Crippen LogP contribution is 2.33. The molecule has 0 unspecified atom stereocenters. The summed E-state index contributed by atoms with van der Waals surface area (Å²) in [5, 5.41) is 0. The second-order valence-corrected chi connectivity index (χ2v) is 6.09. The van der Waals surface area contributed by atoms with Crippen molar-refractivity contribution in [2.75, 3.05) is 27.4 Å². The molecule has 5 nitrogen and oxygen atoms in total. The molecule has 0 radical (unpaired) electrons. The molecule has 138 valence electrons. The van der Waals surface area contributed by atoms with Gasteiger partial charge < -0.3 is 19.1 Å². The number of hydrogen-bond donors (Lipinski definition) is 0. The van der Waals surface area contributed by atoms with Crippen molar-refractivity contribution in [1.29, 1.82) is 0 Å². The van der Waals surface area contributed by atoms with Gasteiger partial charge in [0, 0.05) is 13.1 Å². The Morgan fingerprint density at radius 1 is 1.08 bits per heavy atom. The van der Waals surface area contributed by atoms with Crippen LogP contribution in [0.25, 0.3) is 0 Å². The van der Waals surface area contributed by atoms with E-state index in [4.69, 9.17) is 14.2 Å². The van der Waals surface area contributed by atoms with Crippen molar-refractivity contribution in [1.82, 2.24) is 4.90 Å². The van der Waals surface area contributed by atoms with Crippen LogP contribution in [0.4, 0.5) is 4.39 Å². The minimum atomic E-state index is -0.313. The van der Waals surface area contributed by atoms with Gasteiger partial charge in [0.15, 0.2) is 11.5 Å². The normalized spacial score (nSPS) is 13.1.